The van der Waals surface area contributed by atoms with E-state index in [1.807, 2.05) is 13.8 Å². The zero-order valence-corrected chi connectivity index (χ0v) is 19.4. The molecule has 0 aromatic heterocycles. The molecule has 0 aliphatic rings. The molecule has 0 bridgehead atoms. The van der Waals surface area contributed by atoms with E-state index in [-0.39, 0.29) is 29.1 Å². The van der Waals surface area contributed by atoms with Crippen LogP contribution >= 0.6 is 0 Å². The van der Waals surface area contributed by atoms with Crippen molar-refractivity contribution >= 4 is 21.6 Å². The van der Waals surface area contributed by atoms with Gasteiger partial charge in [0.1, 0.15) is 12.3 Å². The maximum absolute atomic E-state index is 13.5. The van der Waals surface area contributed by atoms with Crippen LogP contribution in [0, 0.1) is 0 Å². The Labute approximate surface area is 184 Å². The predicted octanol–water partition coefficient (Wildman–Crippen LogP) is 3.21. The molecule has 0 saturated heterocycles. The lowest BCUT2D eigenvalue weighted by molar-refractivity contribution is -0.120. The fourth-order valence-electron chi connectivity index (χ4n) is 3.12. The summed E-state index contributed by atoms with van der Waals surface area (Å²) < 4.78 is 43.7. The number of ether oxygens (including phenoxy) is 3. The van der Waals surface area contributed by atoms with Crippen LogP contribution in [-0.2, 0) is 14.8 Å². The molecular weight excluding hydrogens is 420 g/mol. The monoisotopic (exact) mass is 450 g/mol. The number of nitrogens with one attached hydrogen (secondary N) is 1. The number of methoxy groups -OCH3 is 3. The molecule has 170 valence electrons. The highest BCUT2D eigenvalue weighted by atomic mass is 32.2. The fourth-order valence-corrected chi connectivity index (χ4v) is 4.56. The van der Waals surface area contributed by atoms with Crippen LogP contribution in [0.4, 0.5) is 5.69 Å². The van der Waals surface area contributed by atoms with E-state index < -0.39 is 10.0 Å². The third-order valence-electron chi connectivity index (χ3n) is 4.72. The fraction of sp³-hybridized carbons (Fsp3) is 0.409. The van der Waals surface area contributed by atoms with Crippen LogP contribution in [0.1, 0.15) is 26.7 Å². The number of hydrogen-bond donors (Lipinski definition) is 1. The first-order chi connectivity index (χ1) is 14.8. The van der Waals surface area contributed by atoms with E-state index in [4.69, 9.17) is 14.2 Å². The summed E-state index contributed by atoms with van der Waals surface area (Å²) >= 11 is 0. The van der Waals surface area contributed by atoms with Gasteiger partial charge in [0.2, 0.25) is 5.91 Å². The largest absolute Gasteiger partial charge is 0.497 e. The summed E-state index contributed by atoms with van der Waals surface area (Å²) in [6.45, 7) is 3.55. The number of amides is 1. The quantitative estimate of drug-likeness (QED) is 0.565. The Bertz CT molecular complexity index is 976. The standard InChI is InChI=1S/C22H30N2O6S/c1-6-7-16(2)23-22(25)15-24(17-8-10-18(28-3)11-9-17)31(26,27)19-12-13-20(29-4)21(14-19)30-5/h8-14,16H,6-7,15H2,1-5H3,(H,23,25)/t16-/m1/s1. The molecule has 0 aliphatic heterocycles. The summed E-state index contributed by atoms with van der Waals surface area (Å²) in [7, 11) is 0.344. The lowest BCUT2D eigenvalue weighted by Crippen LogP contribution is -2.43. The van der Waals surface area contributed by atoms with Crippen molar-refractivity contribution in [2.24, 2.45) is 0 Å². The summed E-state index contributed by atoms with van der Waals surface area (Å²) in [5, 5.41) is 2.85. The number of benzene rings is 2. The highest BCUT2D eigenvalue weighted by molar-refractivity contribution is 7.92. The highest BCUT2D eigenvalue weighted by Gasteiger charge is 2.28. The second-order valence-electron chi connectivity index (χ2n) is 6.98. The van der Waals surface area contributed by atoms with Crippen molar-refractivity contribution < 1.29 is 27.4 Å². The summed E-state index contributed by atoms with van der Waals surface area (Å²) in [4.78, 5) is 12.6. The lowest BCUT2D eigenvalue weighted by atomic mass is 10.2. The molecule has 1 atom stereocenters. The SMILES string of the molecule is CCC[C@@H](C)NC(=O)CN(c1ccc(OC)cc1)S(=O)(=O)c1ccc(OC)c(OC)c1. The Hall–Kier alpha value is -2.94. The van der Waals surface area contributed by atoms with Gasteiger partial charge in [-0.3, -0.25) is 9.10 Å². The van der Waals surface area contributed by atoms with Gasteiger partial charge < -0.3 is 19.5 Å². The molecule has 8 nitrogen and oxygen atoms in total. The van der Waals surface area contributed by atoms with Crippen LogP contribution in [0.3, 0.4) is 0 Å². The van der Waals surface area contributed by atoms with E-state index in [1.54, 1.807) is 24.3 Å². The molecule has 2 aromatic carbocycles. The predicted molar refractivity (Wildman–Crippen MR) is 120 cm³/mol. The molecule has 1 N–H and O–H groups in total. The van der Waals surface area contributed by atoms with E-state index in [2.05, 4.69) is 5.32 Å². The van der Waals surface area contributed by atoms with Gasteiger partial charge in [-0.15, -0.1) is 0 Å². The van der Waals surface area contributed by atoms with Crippen molar-refractivity contribution in [1.29, 1.82) is 0 Å². The van der Waals surface area contributed by atoms with Gasteiger partial charge in [0.05, 0.1) is 31.9 Å². The Morgan fingerprint density at radius 2 is 1.65 bits per heavy atom. The molecule has 0 fully saturated rings. The van der Waals surface area contributed by atoms with Gasteiger partial charge >= 0.3 is 0 Å². The van der Waals surface area contributed by atoms with E-state index >= 15 is 0 Å². The third-order valence-corrected chi connectivity index (χ3v) is 6.49. The van der Waals surface area contributed by atoms with Crippen molar-refractivity contribution in [3.63, 3.8) is 0 Å². The molecule has 0 heterocycles. The Kier molecular flexibility index (Phi) is 8.56. The molecule has 2 aromatic rings. The van der Waals surface area contributed by atoms with Crippen LogP contribution in [0.2, 0.25) is 0 Å². The molecule has 0 saturated carbocycles. The number of carbonyl (C=O) groups is 1. The van der Waals surface area contributed by atoms with Crippen molar-refractivity contribution in [3.8, 4) is 17.2 Å². The molecule has 0 aliphatic carbocycles. The minimum atomic E-state index is -4.08. The number of nitrogens with zero attached hydrogens (tertiary/aromatic N) is 1. The zero-order valence-electron chi connectivity index (χ0n) is 18.5. The maximum atomic E-state index is 13.5. The van der Waals surface area contributed by atoms with Gasteiger partial charge in [-0.25, -0.2) is 8.42 Å². The van der Waals surface area contributed by atoms with Gasteiger partial charge in [-0.1, -0.05) is 13.3 Å². The summed E-state index contributed by atoms with van der Waals surface area (Å²) in [6, 6.07) is 10.7. The molecule has 0 spiro atoms. The smallest absolute Gasteiger partial charge is 0.264 e. The number of carbonyl (C=O) groups excluding carboxylic acids is 1. The van der Waals surface area contributed by atoms with E-state index in [0.29, 0.717) is 17.2 Å². The maximum Gasteiger partial charge on any atom is 0.264 e. The first-order valence-electron chi connectivity index (χ1n) is 9.95. The van der Waals surface area contributed by atoms with Gasteiger partial charge in [0.15, 0.2) is 11.5 Å². The average molecular weight is 451 g/mol. The van der Waals surface area contributed by atoms with Crippen LogP contribution in [-0.4, -0.2) is 48.2 Å². The van der Waals surface area contributed by atoms with E-state index in [9.17, 15) is 13.2 Å². The highest BCUT2D eigenvalue weighted by Crippen LogP contribution is 2.32. The molecule has 0 radical (unpaired) electrons. The number of rotatable bonds is 11. The van der Waals surface area contributed by atoms with E-state index in [1.165, 1.54) is 39.5 Å². The first-order valence-corrected chi connectivity index (χ1v) is 11.4. The van der Waals surface area contributed by atoms with Gasteiger partial charge in [-0.05, 0) is 49.7 Å². The Morgan fingerprint density at radius 1 is 1.00 bits per heavy atom. The Balaban J connectivity index is 2.45. The van der Waals surface area contributed by atoms with E-state index in [0.717, 1.165) is 17.1 Å². The molecule has 9 heteroatoms. The second kappa shape index (κ2) is 10.9. The van der Waals surface area contributed by atoms with Crippen molar-refractivity contribution in [2.45, 2.75) is 37.6 Å². The van der Waals surface area contributed by atoms with Crippen LogP contribution in [0.15, 0.2) is 47.4 Å². The topological polar surface area (TPSA) is 94.2 Å². The van der Waals surface area contributed by atoms with Gasteiger partial charge in [0.25, 0.3) is 10.0 Å². The minimum Gasteiger partial charge on any atom is -0.497 e. The second-order valence-corrected chi connectivity index (χ2v) is 8.85. The summed E-state index contributed by atoms with van der Waals surface area (Å²) in [6.07, 6.45) is 1.71. The van der Waals surface area contributed by atoms with Crippen molar-refractivity contribution in [3.05, 3.63) is 42.5 Å². The Morgan fingerprint density at radius 3 is 2.19 bits per heavy atom. The summed E-state index contributed by atoms with van der Waals surface area (Å²) in [5.41, 5.74) is 0.342. The normalized spacial score (nSPS) is 12.0. The lowest BCUT2D eigenvalue weighted by Gasteiger charge is -2.25. The minimum absolute atomic E-state index is 0.0182. The van der Waals surface area contributed by atoms with Crippen LogP contribution in [0.5, 0.6) is 17.2 Å². The van der Waals surface area contributed by atoms with Crippen molar-refractivity contribution in [2.75, 3.05) is 32.2 Å². The third kappa shape index (κ3) is 6.04. The molecule has 2 rings (SSSR count). The average Bonchev–Trinajstić information content (AvgIpc) is 2.77. The summed E-state index contributed by atoms with van der Waals surface area (Å²) in [5.74, 6) is 0.872. The number of hydrogen-bond acceptors (Lipinski definition) is 6. The first kappa shape index (κ1) is 24.3. The molecule has 0 unspecified atom stereocenters. The molecule has 31 heavy (non-hydrogen) atoms. The van der Waals surface area contributed by atoms with Crippen LogP contribution < -0.4 is 23.8 Å². The zero-order chi connectivity index (χ0) is 23.0. The molecular formula is C22H30N2O6S. The number of sulfonamides is 1. The molecule has 1 amide bonds. The van der Waals surface area contributed by atoms with Crippen LogP contribution in [0.25, 0.3) is 0 Å². The van der Waals surface area contributed by atoms with Gasteiger partial charge in [0, 0.05) is 12.1 Å². The van der Waals surface area contributed by atoms with Crippen molar-refractivity contribution in [1.82, 2.24) is 5.32 Å². The van der Waals surface area contributed by atoms with Gasteiger partial charge in [-0.2, -0.15) is 0 Å². The number of anilines is 1.